The van der Waals surface area contributed by atoms with Crippen LogP contribution in [0.25, 0.3) is 0 Å². The molecule has 0 aromatic heterocycles. The molecule has 0 aliphatic rings. The first-order valence-electron chi connectivity index (χ1n) is 6.14. The van der Waals surface area contributed by atoms with E-state index in [4.69, 9.17) is 0 Å². The maximum absolute atomic E-state index is 10.8. The smallest absolute Gasteiger partial charge is 0.269 e. The quantitative estimate of drug-likeness (QED) is 0.686. The first kappa shape index (κ1) is 14.6. The van der Waals surface area contributed by atoms with Crippen molar-refractivity contribution in [1.29, 1.82) is 0 Å². The minimum Gasteiger partial charge on any atom is -0.392 e. The number of rotatable bonds is 4. The van der Waals surface area contributed by atoms with Crippen LogP contribution >= 0.6 is 11.8 Å². The standard InChI is InChI=1S/C15H15NO3S/c1-10-3-4-11(2)15(7-10)20-14-6-5-13(16(18)19)8-12(14)9-17/h3-8,17H,9H2,1-2H3. The Morgan fingerprint density at radius 2 is 1.90 bits per heavy atom. The number of nitrogens with zero attached hydrogens (tertiary/aromatic N) is 1. The van der Waals surface area contributed by atoms with Crippen molar-refractivity contribution in [2.75, 3.05) is 0 Å². The van der Waals surface area contributed by atoms with Gasteiger partial charge in [-0.05, 0) is 42.7 Å². The summed E-state index contributed by atoms with van der Waals surface area (Å²) in [5.41, 5.74) is 2.87. The molecule has 0 heterocycles. The lowest BCUT2D eigenvalue weighted by Crippen LogP contribution is -1.93. The summed E-state index contributed by atoms with van der Waals surface area (Å²) in [6.45, 7) is 3.83. The van der Waals surface area contributed by atoms with Gasteiger partial charge in [-0.15, -0.1) is 0 Å². The number of aliphatic hydroxyl groups excluding tert-OH is 1. The summed E-state index contributed by atoms with van der Waals surface area (Å²) < 4.78 is 0. The number of non-ortho nitro benzene ring substituents is 1. The van der Waals surface area contributed by atoms with E-state index in [2.05, 4.69) is 6.07 Å². The van der Waals surface area contributed by atoms with Crippen LogP contribution in [0.3, 0.4) is 0 Å². The highest BCUT2D eigenvalue weighted by atomic mass is 32.2. The minimum absolute atomic E-state index is 0.000589. The summed E-state index contributed by atoms with van der Waals surface area (Å²) in [5.74, 6) is 0. The van der Waals surface area contributed by atoms with E-state index in [0.29, 0.717) is 5.56 Å². The third-order valence-electron chi connectivity index (χ3n) is 2.99. The van der Waals surface area contributed by atoms with E-state index in [1.54, 1.807) is 6.07 Å². The third-order valence-corrected chi connectivity index (χ3v) is 4.27. The van der Waals surface area contributed by atoms with Crippen molar-refractivity contribution in [3.05, 3.63) is 63.2 Å². The SMILES string of the molecule is Cc1ccc(C)c(Sc2ccc([N+](=O)[O-])cc2CO)c1. The monoisotopic (exact) mass is 289 g/mol. The average Bonchev–Trinajstić information content (AvgIpc) is 2.43. The van der Waals surface area contributed by atoms with Crippen molar-refractivity contribution in [3.63, 3.8) is 0 Å². The van der Waals surface area contributed by atoms with Crippen molar-refractivity contribution in [1.82, 2.24) is 0 Å². The fourth-order valence-corrected chi connectivity index (χ4v) is 2.94. The molecule has 5 heteroatoms. The largest absolute Gasteiger partial charge is 0.392 e. The van der Waals surface area contributed by atoms with Gasteiger partial charge < -0.3 is 5.11 Å². The number of benzene rings is 2. The Morgan fingerprint density at radius 1 is 1.15 bits per heavy atom. The van der Waals surface area contributed by atoms with Crippen molar-refractivity contribution in [3.8, 4) is 0 Å². The molecule has 0 aliphatic heterocycles. The molecule has 0 atom stereocenters. The average molecular weight is 289 g/mol. The Morgan fingerprint density at radius 3 is 2.55 bits per heavy atom. The van der Waals surface area contributed by atoms with Crippen LogP contribution in [-0.2, 0) is 6.61 Å². The van der Waals surface area contributed by atoms with Gasteiger partial charge in [0.2, 0.25) is 0 Å². The topological polar surface area (TPSA) is 63.4 Å². The van der Waals surface area contributed by atoms with Crippen molar-refractivity contribution in [2.45, 2.75) is 30.2 Å². The van der Waals surface area contributed by atoms with Gasteiger partial charge in [0, 0.05) is 21.9 Å². The number of hydrogen-bond acceptors (Lipinski definition) is 4. The van der Waals surface area contributed by atoms with E-state index >= 15 is 0 Å². The van der Waals surface area contributed by atoms with Crippen LogP contribution in [0.4, 0.5) is 5.69 Å². The summed E-state index contributed by atoms with van der Waals surface area (Å²) in [5, 5.41) is 20.1. The van der Waals surface area contributed by atoms with E-state index in [1.165, 1.54) is 23.9 Å². The summed E-state index contributed by atoms with van der Waals surface area (Å²) >= 11 is 1.52. The fraction of sp³-hybridized carbons (Fsp3) is 0.200. The van der Waals surface area contributed by atoms with E-state index in [0.717, 1.165) is 20.9 Å². The summed E-state index contributed by atoms with van der Waals surface area (Å²) in [6.07, 6.45) is 0. The highest BCUT2D eigenvalue weighted by Crippen LogP contribution is 2.34. The molecule has 0 bridgehead atoms. The molecule has 2 rings (SSSR count). The lowest BCUT2D eigenvalue weighted by Gasteiger charge is -2.10. The first-order valence-corrected chi connectivity index (χ1v) is 6.96. The highest BCUT2D eigenvalue weighted by molar-refractivity contribution is 7.99. The Kier molecular flexibility index (Phi) is 4.42. The van der Waals surface area contributed by atoms with Gasteiger partial charge in [-0.1, -0.05) is 23.9 Å². The summed E-state index contributed by atoms with van der Waals surface area (Å²) in [6, 6.07) is 10.7. The van der Waals surface area contributed by atoms with Gasteiger partial charge in [0.25, 0.3) is 5.69 Å². The molecule has 2 aromatic carbocycles. The van der Waals surface area contributed by atoms with Crippen LogP contribution in [0.2, 0.25) is 0 Å². The lowest BCUT2D eigenvalue weighted by molar-refractivity contribution is -0.385. The number of hydrogen-bond donors (Lipinski definition) is 1. The molecule has 2 aromatic rings. The molecule has 1 N–H and O–H groups in total. The molecule has 4 nitrogen and oxygen atoms in total. The van der Waals surface area contributed by atoms with E-state index in [-0.39, 0.29) is 12.3 Å². The molecular formula is C15H15NO3S. The van der Waals surface area contributed by atoms with Gasteiger partial charge >= 0.3 is 0 Å². The molecular weight excluding hydrogens is 274 g/mol. The second kappa shape index (κ2) is 6.07. The van der Waals surface area contributed by atoms with E-state index in [9.17, 15) is 15.2 Å². The van der Waals surface area contributed by atoms with Gasteiger partial charge in [0.05, 0.1) is 11.5 Å². The Labute approximate surface area is 121 Å². The molecule has 0 fully saturated rings. The molecule has 0 amide bonds. The van der Waals surface area contributed by atoms with E-state index in [1.807, 2.05) is 26.0 Å². The highest BCUT2D eigenvalue weighted by Gasteiger charge is 2.12. The van der Waals surface area contributed by atoms with Crippen LogP contribution in [0.15, 0.2) is 46.2 Å². The summed E-state index contributed by atoms with van der Waals surface area (Å²) in [7, 11) is 0. The van der Waals surface area contributed by atoms with Gasteiger partial charge in [-0.3, -0.25) is 10.1 Å². The lowest BCUT2D eigenvalue weighted by atomic mass is 10.2. The Hall–Kier alpha value is -1.85. The van der Waals surface area contributed by atoms with Gasteiger partial charge in [-0.25, -0.2) is 0 Å². The molecule has 0 saturated heterocycles. The second-order valence-electron chi connectivity index (χ2n) is 4.58. The zero-order chi connectivity index (χ0) is 14.7. The molecule has 20 heavy (non-hydrogen) atoms. The molecule has 0 radical (unpaired) electrons. The number of aryl methyl sites for hydroxylation is 2. The number of nitro groups is 1. The second-order valence-corrected chi connectivity index (χ2v) is 5.66. The molecule has 104 valence electrons. The van der Waals surface area contributed by atoms with Gasteiger partial charge in [-0.2, -0.15) is 0 Å². The van der Waals surface area contributed by atoms with Crippen LogP contribution < -0.4 is 0 Å². The zero-order valence-corrected chi connectivity index (χ0v) is 12.1. The Bertz CT molecular complexity index is 656. The maximum atomic E-state index is 10.8. The first-order chi connectivity index (χ1) is 9.51. The Balaban J connectivity index is 2.38. The molecule has 0 unspecified atom stereocenters. The number of nitro benzene ring substituents is 1. The summed E-state index contributed by atoms with van der Waals surface area (Å²) in [4.78, 5) is 12.2. The molecule has 0 spiro atoms. The van der Waals surface area contributed by atoms with Crippen LogP contribution in [-0.4, -0.2) is 10.0 Å². The zero-order valence-electron chi connectivity index (χ0n) is 11.3. The van der Waals surface area contributed by atoms with Gasteiger partial charge in [0.1, 0.15) is 0 Å². The predicted molar refractivity (Wildman–Crippen MR) is 79.1 cm³/mol. The minimum atomic E-state index is -0.453. The maximum Gasteiger partial charge on any atom is 0.269 e. The van der Waals surface area contributed by atoms with Crippen molar-refractivity contribution >= 4 is 17.4 Å². The third kappa shape index (κ3) is 3.18. The fourth-order valence-electron chi connectivity index (χ4n) is 1.84. The number of aliphatic hydroxyl groups is 1. The van der Waals surface area contributed by atoms with E-state index < -0.39 is 4.92 Å². The van der Waals surface area contributed by atoms with Gasteiger partial charge in [0.15, 0.2) is 0 Å². The van der Waals surface area contributed by atoms with Crippen LogP contribution in [0, 0.1) is 24.0 Å². The molecule has 0 aliphatic carbocycles. The normalized spacial score (nSPS) is 10.6. The van der Waals surface area contributed by atoms with Crippen LogP contribution in [0.1, 0.15) is 16.7 Å². The molecule has 0 saturated carbocycles. The van der Waals surface area contributed by atoms with Crippen LogP contribution in [0.5, 0.6) is 0 Å². The predicted octanol–water partition coefficient (Wildman–Crippen LogP) is 3.86. The van der Waals surface area contributed by atoms with Crippen molar-refractivity contribution < 1.29 is 10.0 Å². The van der Waals surface area contributed by atoms with Crippen molar-refractivity contribution in [2.24, 2.45) is 0 Å².